The van der Waals surface area contributed by atoms with Crippen molar-refractivity contribution in [2.75, 3.05) is 26.2 Å². The van der Waals surface area contributed by atoms with E-state index in [2.05, 4.69) is 5.32 Å². The summed E-state index contributed by atoms with van der Waals surface area (Å²) in [6.07, 6.45) is 0. The molecule has 1 heterocycles. The van der Waals surface area contributed by atoms with Crippen molar-refractivity contribution in [1.29, 1.82) is 0 Å². The molecule has 0 aliphatic carbocycles. The molecule has 0 saturated carbocycles. The summed E-state index contributed by atoms with van der Waals surface area (Å²) in [5.74, 6) is -0.754. The highest BCUT2D eigenvalue weighted by Gasteiger charge is 2.28. The Kier molecular flexibility index (Phi) is 4.36. The van der Waals surface area contributed by atoms with Crippen LogP contribution < -0.4 is 10.1 Å². The van der Waals surface area contributed by atoms with Gasteiger partial charge in [-0.25, -0.2) is 0 Å². The van der Waals surface area contributed by atoms with E-state index in [1.54, 1.807) is 6.92 Å². The van der Waals surface area contributed by atoms with Crippen molar-refractivity contribution in [1.82, 2.24) is 10.2 Å². The van der Waals surface area contributed by atoms with Gasteiger partial charge in [-0.05, 0) is 13.0 Å². The van der Waals surface area contributed by atoms with Crippen molar-refractivity contribution in [3.63, 3.8) is 0 Å². The van der Waals surface area contributed by atoms with E-state index in [4.69, 9.17) is 4.74 Å². The van der Waals surface area contributed by atoms with E-state index in [0.29, 0.717) is 13.1 Å². The van der Waals surface area contributed by atoms with Crippen LogP contribution in [0.3, 0.4) is 0 Å². The highest BCUT2D eigenvalue weighted by molar-refractivity contribution is 6.00. The predicted octanol–water partition coefficient (Wildman–Crippen LogP) is 0.565. The van der Waals surface area contributed by atoms with Gasteiger partial charge in [0.15, 0.2) is 0 Å². The SMILES string of the molecule is CCOc1c(C(=O)N2CCNC(=O)C2)cccc1[N+](=O)[O-]. The van der Waals surface area contributed by atoms with Crippen LogP contribution in [0.5, 0.6) is 5.75 Å². The number of nitrogens with one attached hydrogen (secondary N) is 1. The van der Waals surface area contributed by atoms with Gasteiger partial charge in [0.25, 0.3) is 5.91 Å². The molecule has 112 valence electrons. The first-order valence-electron chi connectivity index (χ1n) is 6.50. The molecule has 0 bridgehead atoms. The molecular weight excluding hydrogens is 278 g/mol. The lowest BCUT2D eigenvalue weighted by atomic mass is 10.1. The Morgan fingerprint density at radius 2 is 2.29 bits per heavy atom. The van der Waals surface area contributed by atoms with E-state index >= 15 is 0 Å². The van der Waals surface area contributed by atoms with Gasteiger partial charge in [0.1, 0.15) is 0 Å². The van der Waals surface area contributed by atoms with Crippen molar-refractivity contribution in [2.45, 2.75) is 6.92 Å². The molecule has 1 N–H and O–H groups in total. The molecule has 2 rings (SSSR count). The second-order valence-electron chi connectivity index (χ2n) is 4.42. The molecule has 21 heavy (non-hydrogen) atoms. The minimum Gasteiger partial charge on any atom is -0.487 e. The van der Waals surface area contributed by atoms with Gasteiger partial charge in [-0.15, -0.1) is 0 Å². The van der Waals surface area contributed by atoms with Gasteiger partial charge in [0.2, 0.25) is 11.7 Å². The highest BCUT2D eigenvalue weighted by atomic mass is 16.6. The van der Waals surface area contributed by atoms with Crippen LogP contribution in [-0.2, 0) is 4.79 Å². The minimum absolute atomic E-state index is 0.0546. The molecule has 8 nitrogen and oxygen atoms in total. The number of rotatable bonds is 4. The number of benzene rings is 1. The highest BCUT2D eigenvalue weighted by Crippen LogP contribution is 2.31. The summed E-state index contributed by atoms with van der Waals surface area (Å²) in [4.78, 5) is 35.6. The lowest BCUT2D eigenvalue weighted by Crippen LogP contribution is -2.50. The second-order valence-corrected chi connectivity index (χ2v) is 4.42. The Hall–Kier alpha value is -2.64. The summed E-state index contributed by atoms with van der Waals surface area (Å²) in [5, 5.41) is 13.7. The third-order valence-electron chi connectivity index (χ3n) is 3.04. The number of piperazine rings is 1. The number of para-hydroxylation sites is 1. The Labute approximate surface area is 120 Å². The summed E-state index contributed by atoms with van der Waals surface area (Å²) in [6, 6.07) is 4.18. The maximum absolute atomic E-state index is 12.5. The topological polar surface area (TPSA) is 102 Å². The van der Waals surface area contributed by atoms with E-state index in [9.17, 15) is 19.7 Å². The number of amides is 2. The molecule has 0 unspecified atom stereocenters. The maximum atomic E-state index is 12.5. The van der Waals surface area contributed by atoms with Crippen molar-refractivity contribution in [2.24, 2.45) is 0 Å². The van der Waals surface area contributed by atoms with Crippen molar-refractivity contribution in [3.05, 3.63) is 33.9 Å². The average Bonchev–Trinajstić information content (AvgIpc) is 2.47. The van der Waals surface area contributed by atoms with Gasteiger partial charge in [0.05, 0.1) is 23.6 Å². The number of carbonyl (C=O) groups is 2. The minimum atomic E-state index is -0.593. The number of carbonyl (C=O) groups excluding carboxylic acids is 2. The number of ether oxygens (including phenoxy) is 1. The summed E-state index contributed by atoms with van der Waals surface area (Å²) in [5.41, 5.74) is -0.162. The molecule has 0 aromatic heterocycles. The van der Waals surface area contributed by atoms with Crippen molar-refractivity contribution in [3.8, 4) is 5.75 Å². The molecule has 2 amide bonds. The number of nitro groups is 1. The third kappa shape index (κ3) is 3.10. The lowest BCUT2D eigenvalue weighted by Gasteiger charge is -2.27. The molecule has 0 spiro atoms. The summed E-state index contributed by atoms with van der Waals surface area (Å²) < 4.78 is 5.28. The molecule has 8 heteroatoms. The third-order valence-corrected chi connectivity index (χ3v) is 3.04. The van der Waals surface area contributed by atoms with Crippen LogP contribution in [0.1, 0.15) is 17.3 Å². The summed E-state index contributed by atoms with van der Waals surface area (Å²) in [6.45, 7) is 2.54. The fraction of sp³-hybridized carbons (Fsp3) is 0.385. The molecule has 1 saturated heterocycles. The molecular formula is C13H15N3O5. The van der Waals surface area contributed by atoms with E-state index in [1.807, 2.05) is 0 Å². The van der Waals surface area contributed by atoms with Crippen LogP contribution in [0, 0.1) is 10.1 Å². The van der Waals surface area contributed by atoms with Crippen LogP contribution in [-0.4, -0.2) is 47.9 Å². The van der Waals surface area contributed by atoms with Crippen LogP contribution in [0.2, 0.25) is 0 Å². The van der Waals surface area contributed by atoms with Gasteiger partial charge in [0, 0.05) is 19.2 Å². The molecule has 1 aliphatic rings. The van der Waals surface area contributed by atoms with Crippen LogP contribution in [0.15, 0.2) is 18.2 Å². The quantitative estimate of drug-likeness (QED) is 0.645. The van der Waals surface area contributed by atoms with Gasteiger partial charge in [-0.1, -0.05) is 6.07 Å². The first-order chi connectivity index (χ1) is 10.0. The number of nitro benzene ring substituents is 1. The lowest BCUT2D eigenvalue weighted by molar-refractivity contribution is -0.385. The fourth-order valence-electron chi connectivity index (χ4n) is 2.12. The van der Waals surface area contributed by atoms with Crippen molar-refractivity contribution >= 4 is 17.5 Å². The standard InChI is InChI=1S/C13H15N3O5/c1-2-21-12-9(4-3-5-10(12)16(19)20)13(18)15-7-6-14-11(17)8-15/h3-5H,2,6-8H2,1H3,(H,14,17). The zero-order valence-corrected chi connectivity index (χ0v) is 11.5. The summed E-state index contributed by atoms with van der Waals surface area (Å²) >= 11 is 0. The number of hydrogen-bond donors (Lipinski definition) is 1. The van der Waals surface area contributed by atoms with E-state index < -0.39 is 10.8 Å². The molecule has 0 radical (unpaired) electrons. The number of hydrogen-bond acceptors (Lipinski definition) is 5. The normalized spacial score (nSPS) is 14.5. The van der Waals surface area contributed by atoms with E-state index in [0.717, 1.165) is 0 Å². The molecule has 1 aromatic carbocycles. The van der Waals surface area contributed by atoms with Gasteiger partial charge >= 0.3 is 5.69 Å². The average molecular weight is 293 g/mol. The molecule has 1 fully saturated rings. The van der Waals surface area contributed by atoms with Gasteiger partial charge < -0.3 is 15.0 Å². The Balaban J connectivity index is 2.37. The van der Waals surface area contributed by atoms with Crippen LogP contribution in [0.25, 0.3) is 0 Å². The smallest absolute Gasteiger partial charge is 0.311 e. The summed E-state index contributed by atoms with van der Waals surface area (Å²) in [7, 11) is 0. The van der Waals surface area contributed by atoms with Gasteiger partial charge in [-0.3, -0.25) is 19.7 Å². The fourth-order valence-corrected chi connectivity index (χ4v) is 2.12. The Bertz CT molecular complexity index is 587. The van der Waals surface area contributed by atoms with Crippen LogP contribution in [0.4, 0.5) is 5.69 Å². The van der Waals surface area contributed by atoms with Crippen molar-refractivity contribution < 1.29 is 19.2 Å². The molecule has 1 aromatic rings. The maximum Gasteiger partial charge on any atom is 0.311 e. The molecule has 0 atom stereocenters. The van der Waals surface area contributed by atoms with Crippen LogP contribution >= 0.6 is 0 Å². The first-order valence-corrected chi connectivity index (χ1v) is 6.50. The zero-order chi connectivity index (χ0) is 15.4. The van der Waals surface area contributed by atoms with E-state index in [-0.39, 0.29) is 36.1 Å². The largest absolute Gasteiger partial charge is 0.487 e. The predicted molar refractivity (Wildman–Crippen MR) is 73.2 cm³/mol. The Morgan fingerprint density at radius 1 is 1.52 bits per heavy atom. The number of nitrogens with zero attached hydrogens (tertiary/aromatic N) is 2. The zero-order valence-electron chi connectivity index (χ0n) is 11.5. The van der Waals surface area contributed by atoms with Gasteiger partial charge in [-0.2, -0.15) is 0 Å². The van der Waals surface area contributed by atoms with E-state index in [1.165, 1.54) is 23.1 Å². The Morgan fingerprint density at radius 3 is 2.90 bits per heavy atom. The monoisotopic (exact) mass is 293 g/mol. The molecule has 1 aliphatic heterocycles. The first kappa shape index (κ1) is 14.8. The second kappa shape index (κ2) is 6.21.